The maximum Gasteiger partial charge on any atom is 0.457 e. The fraction of sp³-hybridized carbons (Fsp3) is 0.917. The lowest BCUT2D eigenvalue weighted by molar-refractivity contribution is -0.138. The Balaban J connectivity index is 1.79. The summed E-state index contributed by atoms with van der Waals surface area (Å²) in [5, 5.41) is 6.38. The van der Waals surface area contributed by atoms with Crippen molar-refractivity contribution in [1.29, 1.82) is 0 Å². The van der Waals surface area contributed by atoms with Crippen molar-refractivity contribution < 1.29 is 18.9 Å². The molecule has 0 radical (unpaired) electrons. The van der Waals surface area contributed by atoms with E-state index in [9.17, 15) is 9.59 Å². The predicted molar refractivity (Wildman–Crippen MR) is 127 cm³/mol. The molecular formula is C24H44BN3O4. The van der Waals surface area contributed by atoms with Crippen molar-refractivity contribution in [2.24, 2.45) is 11.8 Å². The lowest BCUT2D eigenvalue weighted by Crippen LogP contribution is -2.66. The Labute approximate surface area is 194 Å². The third kappa shape index (κ3) is 4.73. The molecule has 1 unspecified atom stereocenters. The number of hydrogen-bond donors (Lipinski definition) is 2. The van der Waals surface area contributed by atoms with Gasteiger partial charge in [0, 0.05) is 24.4 Å². The number of carbonyl (C=O) groups excluding carboxylic acids is 2. The van der Waals surface area contributed by atoms with Gasteiger partial charge in [-0.2, -0.15) is 0 Å². The van der Waals surface area contributed by atoms with E-state index in [0.717, 1.165) is 38.5 Å². The molecule has 2 amide bonds. The van der Waals surface area contributed by atoms with E-state index >= 15 is 0 Å². The fourth-order valence-corrected chi connectivity index (χ4v) is 5.96. The van der Waals surface area contributed by atoms with Gasteiger partial charge in [0.1, 0.15) is 5.54 Å². The molecule has 1 saturated carbocycles. The maximum atomic E-state index is 13.8. The first-order valence-electron chi connectivity index (χ1n) is 12.3. The highest BCUT2D eigenvalue weighted by atomic mass is 16.7. The van der Waals surface area contributed by atoms with Crippen LogP contribution in [0.15, 0.2) is 0 Å². The van der Waals surface area contributed by atoms with Crippen LogP contribution in [0.25, 0.3) is 0 Å². The van der Waals surface area contributed by atoms with Gasteiger partial charge in [0.15, 0.2) is 0 Å². The second kappa shape index (κ2) is 8.59. The number of likely N-dealkylation sites (tertiary alicyclic amines) is 1. The van der Waals surface area contributed by atoms with Crippen molar-refractivity contribution in [2.45, 2.75) is 116 Å². The third-order valence-electron chi connectivity index (χ3n) is 8.12. The molecule has 0 aromatic heterocycles. The first kappa shape index (κ1) is 25.5. The average molecular weight is 449 g/mol. The molecule has 32 heavy (non-hydrogen) atoms. The van der Waals surface area contributed by atoms with E-state index in [1.54, 1.807) is 0 Å². The van der Waals surface area contributed by atoms with Crippen LogP contribution in [0.3, 0.4) is 0 Å². The normalized spacial score (nSPS) is 33.9. The van der Waals surface area contributed by atoms with Crippen LogP contribution in [0.5, 0.6) is 0 Å². The molecule has 8 heteroatoms. The number of carbonyl (C=O) groups is 2. The van der Waals surface area contributed by atoms with Gasteiger partial charge in [0.2, 0.25) is 11.8 Å². The van der Waals surface area contributed by atoms with Crippen LogP contribution in [-0.4, -0.2) is 65.7 Å². The van der Waals surface area contributed by atoms with Gasteiger partial charge in [0.25, 0.3) is 0 Å². The quantitative estimate of drug-likeness (QED) is 0.610. The van der Waals surface area contributed by atoms with E-state index in [0.29, 0.717) is 6.04 Å². The van der Waals surface area contributed by atoms with E-state index in [-0.39, 0.29) is 47.5 Å². The van der Waals surface area contributed by atoms with Crippen LogP contribution in [0.2, 0.25) is 6.32 Å². The third-order valence-corrected chi connectivity index (χ3v) is 8.12. The molecule has 2 saturated heterocycles. The SMILES string of the molecule is CC(=O)NC1(C(=O)NC(C)(C)C)[C@H](CCCB2OC(C)(C)C(C)(C)O2)C[C@@H]2[C@H]1CCN2C. The first-order chi connectivity index (χ1) is 14.6. The highest BCUT2D eigenvalue weighted by molar-refractivity contribution is 6.45. The van der Waals surface area contributed by atoms with Gasteiger partial charge >= 0.3 is 7.12 Å². The van der Waals surface area contributed by atoms with Crippen LogP contribution in [0, 0.1) is 11.8 Å². The minimum Gasteiger partial charge on any atom is -0.403 e. The van der Waals surface area contributed by atoms with Crippen LogP contribution in [-0.2, 0) is 18.9 Å². The molecule has 0 bridgehead atoms. The number of hydrogen-bond acceptors (Lipinski definition) is 5. The van der Waals surface area contributed by atoms with Gasteiger partial charge in [-0.15, -0.1) is 0 Å². The minimum absolute atomic E-state index is 0.0383. The van der Waals surface area contributed by atoms with E-state index in [1.165, 1.54) is 6.92 Å². The molecular weight excluding hydrogens is 405 g/mol. The van der Waals surface area contributed by atoms with Gasteiger partial charge in [-0.1, -0.05) is 6.42 Å². The molecule has 3 rings (SSSR count). The lowest BCUT2D eigenvalue weighted by atomic mass is 9.73. The molecule has 2 heterocycles. The molecule has 1 aliphatic carbocycles. The fourth-order valence-electron chi connectivity index (χ4n) is 5.96. The van der Waals surface area contributed by atoms with Crippen LogP contribution in [0.1, 0.15) is 81.1 Å². The Hall–Kier alpha value is -1.12. The summed E-state index contributed by atoms with van der Waals surface area (Å²) in [6, 6.07) is 0.314. The van der Waals surface area contributed by atoms with Crippen LogP contribution < -0.4 is 10.6 Å². The summed E-state index contributed by atoms with van der Waals surface area (Å²) in [5.41, 5.74) is -1.91. The molecule has 3 fully saturated rings. The van der Waals surface area contributed by atoms with Gasteiger partial charge in [-0.25, -0.2) is 0 Å². The molecule has 2 aliphatic heterocycles. The molecule has 7 nitrogen and oxygen atoms in total. The molecule has 2 N–H and O–H groups in total. The second-order valence-corrected chi connectivity index (χ2v) is 12.2. The number of nitrogens with zero attached hydrogens (tertiary/aromatic N) is 1. The monoisotopic (exact) mass is 449 g/mol. The smallest absolute Gasteiger partial charge is 0.403 e. The Morgan fingerprint density at radius 1 is 1.12 bits per heavy atom. The predicted octanol–water partition coefficient (Wildman–Crippen LogP) is 2.99. The summed E-state index contributed by atoms with van der Waals surface area (Å²) in [5.74, 6) is 0.0263. The molecule has 0 aromatic rings. The summed E-state index contributed by atoms with van der Waals surface area (Å²) in [7, 11) is 1.90. The Kier molecular flexibility index (Phi) is 6.84. The van der Waals surface area contributed by atoms with Gasteiger partial charge in [-0.3, -0.25) is 9.59 Å². The summed E-state index contributed by atoms with van der Waals surface area (Å²) in [6.07, 6.45) is 4.36. The van der Waals surface area contributed by atoms with Gasteiger partial charge < -0.3 is 24.8 Å². The lowest BCUT2D eigenvalue weighted by Gasteiger charge is -2.41. The molecule has 4 atom stereocenters. The van der Waals surface area contributed by atoms with Crippen molar-refractivity contribution in [3.63, 3.8) is 0 Å². The van der Waals surface area contributed by atoms with E-state index in [2.05, 4.69) is 50.3 Å². The average Bonchev–Trinajstić information content (AvgIpc) is 3.17. The minimum atomic E-state index is -0.871. The zero-order valence-electron chi connectivity index (χ0n) is 21.6. The first-order valence-corrected chi connectivity index (χ1v) is 12.3. The zero-order chi connectivity index (χ0) is 24.1. The zero-order valence-corrected chi connectivity index (χ0v) is 21.6. The summed E-state index contributed by atoms with van der Waals surface area (Å²) in [6.45, 7) is 16.7. The highest BCUT2D eigenvalue weighted by Gasteiger charge is 2.62. The summed E-state index contributed by atoms with van der Waals surface area (Å²) >= 11 is 0. The molecule has 0 spiro atoms. The Bertz CT molecular complexity index is 719. The standard InChI is InChI=1S/C24H44BN3O4/c1-16(29)26-24(20(30)27-21(2,3)4)17(15-19-18(24)12-14-28(19)9)11-10-13-25-31-22(5,6)23(7,8)32-25/h17-19H,10-15H2,1-9H3,(H,26,29)(H,27,30)/t17-,18-,19-,24?/m1/s1. The van der Waals surface area contributed by atoms with Gasteiger partial charge in [-0.05, 0) is 93.6 Å². The number of fused-ring (bicyclic) bond motifs is 1. The van der Waals surface area contributed by atoms with Crippen molar-refractivity contribution in [3.8, 4) is 0 Å². The molecule has 182 valence electrons. The highest BCUT2D eigenvalue weighted by Crippen LogP contribution is 2.50. The van der Waals surface area contributed by atoms with E-state index in [4.69, 9.17) is 9.31 Å². The number of nitrogens with one attached hydrogen (secondary N) is 2. The van der Waals surface area contributed by atoms with Crippen molar-refractivity contribution in [3.05, 3.63) is 0 Å². The van der Waals surface area contributed by atoms with Crippen molar-refractivity contribution >= 4 is 18.9 Å². The van der Waals surface area contributed by atoms with E-state index < -0.39 is 5.54 Å². The summed E-state index contributed by atoms with van der Waals surface area (Å²) in [4.78, 5) is 28.5. The Morgan fingerprint density at radius 3 is 2.25 bits per heavy atom. The summed E-state index contributed by atoms with van der Waals surface area (Å²) < 4.78 is 12.3. The van der Waals surface area contributed by atoms with E-state index in [1.807, 2.05) is 20.8 Å². The van der Waals surface area contributed by atoms with Gasteiger partial charge in [0.05, 0.1) is 11.2 Å². The maximum absolute atomic E-state index is 13.8. The van der Waals surface area contributed by atoms with Crippen molar-refractivity contribution in [1.82, 2.24) is 15.5 Å². The van der Waals surface area contributed by atoms with Crippen LogP contribution in [0.4, 0.5) is 0 Å². The Morgan fingerprint density at radius 2 is 1.72 bits per heavy atom. The largest absolute Gasteiger partial charge is 0.457 e. The molecule has 3 aliphatic rings. The van der Waals surface area contributed by atoms with Crippen LogP contribution >= 0.6 is 0 Å². The van der Waals surface area contributed by atoms with Crippen molar-refractivity contribution in [2.75, 3.05) is 13.6 Å². The molecule has 0 aromatic carbocycles. The second-order valence-electron chi connectivity index (χ2n) is 12.2. The number of rotatable bonds is 6. The topological polar surface area (TPSA) is 79.9 Å². The number of amides is 2.